The van der Waals surface area contributed by atoms with Gasteiger partial charge < -0.3 is 4.57 Å². The minimum atomic E-state index is 1.01. The van der Waals surface area contributed by atoms with Crippen molar-refractivity contribution in [1.82, 2.24) is 4.57 Å². The van der Waals surface area contributed by atoms with Crippen molar-refractivity contribution in [3.05, 3.63) is 125 Å². The number of hydrogen-bond donors (Lipinski definition) is 0. The van der Waals surface area contributed by atoms with Crippen molar-refractivity contribution in [3.8, 4) is 5.69 Å². The van der Waals surface area contributed by atoms with Gasteiger partial charge in [0.1, 0.15) is 0 Å². The lowest BCUT2D eigenvalue weighted by Gasteiger charge is -2.13. The zero-order chi connectivity index (χ0) is 20.9. The summed E-state index contributed by atoms with van der Waals surface area (Å²) in [7, 11) is 0. The molecule has 0 amide bonds. The summed E-state index contributed by atoms with van der Waals surface area (Å²) in [4.78, 5) is 0. The fraction of sp³-hybridized carbons (Fsp3) is 0.0345. The fourth-order valence-electron chi connectivity index (χ4n) is 3.84. The second-order valence-electron chi connectivity index (χ2n) is 7.15. The van der Waals surface area contributed by atoms with E-state index in [0.29, 0.717) is 0 Å². The Morgan fingerprint density at radius 1 is 0.867 bits per heavy atom. The Hall–Kier alpha value is -3.84. The highest BCUT2D eigenvalue weighted by molar-refractivity contribution is 6.02. The Balaban J connectivity index is 2.14. The van der Waals surface area contributed by atoms with E-state index in [2.05, 4.69) is 96.6 Å². The molecule has 0 spiro atoms. The molecular weight excluding hydrogens is 362 g/mol. The molecule has 0 saturated heterocycles. The maximum absolute atomic E-state index is 4.21. The molecule has 0 aliphatic heterocycles. The van der Waals surface area contributed by atoms with Crippen molar-refractivity contribution in [2.75, 3.05) is 0 Å². The van der Waals surface area contributed by atoms with E-state index < -0.39 is 0 Å². The molecule has 0 atom stereocenters. The van der Waals surface area contributed by atoms with Gasteiger partial charge in [-0.3, -0.25) is 0 Å². The van der Waals surface area contributed by atoms with E-state index in [1.54, 1.807) is 0 Å². The van der Waals surface area contributed by atoms with E-state index in [1.807, 2.05) is 37.3 Å². The van der Waals surface area contributed by atoms with Gasteiger partial charge in [-0.2, -0.15) is 0 Å². The van der Waals surface area contributed by atoms with E-state index in [1.165, 1.54) is 5.39 Å². The van der Waals surface area contributed by atoms with Gasteiger partial charge >= 0.3 is 0 Å². The van der Waals surface area contributed by atoms with Gasteiger partial charge in [0.05, 0.1) is 11.2 Å². The Bertz CT molecular complexity index is 1370. The molecule has 146 valence electrons. The van der Waals surface area contributed by atoms with Gasteiger partial charge in [-0.25, -0.2) is 0 Å². The number of para-hydroxylation sites is 2. The summed E-state index contributed by atoms with van der Waals surface area (Å²) in [5, 5.41) is 3.30. The minimum Gasteiger partial charge on any atom is -0.309 e. The summed E-state index contributed by atoms with van der Waals surface area (Å²) in [5.41, 5.74) is 5.65. The smallest absolute Gasteiger partial charge is 0.0613 e. The van der Waals surface area contributed by atoms with Crippen molar-refractivity contribution in [3.63, 3.8) is 0 Å². The van der Waals surface area contributed by atoms with Gasteiger partial charge in [-0.15, -0.1) is 0 Å². The number of fused-ring (bicyclic) bond motifs is 1. The Morgan fingerprint density at radius 3 is 2.30 bits per heavy atom. The number of rotatable bonds is 5. The van der Waals surface area contributed by atoms with Gasteiger partial charge in [-0.1, -0.05) is 98.1 Å². The number of nitrogens with zero attached hydrogens (tertiary/aromatic N) is 1. The van der Waals surface area contributed by atoms with Gasteiger partial charge in [0.15, 0.2) is 0 Å². The summed E-state index contributed by atoms with van der Waals surface area (Å²) in [6.07, 6.45) is 10.5. The van der Waals surface area contributed by atoms with E-state index in [9.17, 15) is 0 Å². The van der Waals surface area contributed by atoms with Crippen LogP contribution in [-0.2, 0) is 0 Å². The first-order chi connectivity index (χ1) is 14.7. The predicted molar refractivity (Wildman–Crippen MR) is 132 cm³/mol. The summed E-state index contributed by atoms with van der Waals surface area (Å²) < 4.78 is 2.32. The fourth-order valence-corrected chi connectivity index (χ4v) is 3.84. The zero-order valence-corrected chi connectivity index (χ0v) is 17.3. The summed E-state index contributed by atoms with van der Waals surface area (Å²) in [6, 6.07) is 27.2. The lowest BCUT2D eigenvalue weighted by atomic mass is 10.0. The number of aromatic nitrogens is 1. The third-order valence-electron chi connectivity index (χ3n) is 5.24. The molecule has 1 heterocycles. The highest BCUT2D eigenvalue weighted by Crippen LogP contribution is 2.35. The molecule has 0 N–H and O–H groups in total. The van der Waals surface area contributed by atoms with Crippen LogP contribution >= 0.6 is 0 Å². The van der Waals surface area contributed by atoms with Crippen LogP contribution in [0.5, 0.6) is 0 Å². The molecule has 0 bridgehead atoms. The molecule has 4 aromatic rings. The number of allylic oxidation sites excluding steroid dienone is 4. The van der Waals surface area contributed by atoms with Gasteiger partial charge in [0, 0.05) is 16.6 Å². The third kappa shape index (κ3) is 3.58. The highest BCUT2D eigenvalue weighted by Gasteiger charge is 2.18. The molecule has 3 aromatic carbocycles. The van der Waals surface area contributed by atoms with Crippen molar-refractivity contribution in [2.24, 2.45) is 0 Å². The van der Waals surface area contributed by atoms with Crippen molar-refractivity contribution in [2.45, 2.75) is 6.92 Å². The average molecular weight is 388 g/mol. The first kappa shape index (κ1) is 19.5. The molecule has 0 unspecified atom stereocenters. The molecule has 1 aromatic heterocycles. The van der Waals surface area contributed by atoms with Gasteiger partial charge in [0.2, 0.25) is 0 Å². The maximum Gasteiger partial charge on any atom is 0.0613 e. The van der Waals surface area contributed by atoms with E-state index in [0.717, 1.165) is 38.5 Å². The number of hydrogen-bond acceptors (Lipinski definition) is 0. The van der Waals surface area contributed by atoms with Crippen LogP contribution < -0.4 is 10.4 Å². The second-order valence-corrected chi connectivity index (χ2v) is 7.15. The standard InChI is InChI=1S/C29H25N/c1-4-6-15-24(21-23-16-11-10-14-22(23)3)29-26(5-2)27-19-12-13-20-28(27)30(29)25-17-8-7-9-18-25/h4-21H,2-3H2,1H3/b6-4-,23-21-,24-15-. The summed E-state index contributed by atoms with van der Waals surface area (Å²) in [6.45, 7) is 10.4. The first-order valence-corrected chi connectivity index (χ1v) is 10.1. The Labute approximate surface area is 177 Å². The normalized spacial score (nSPS) is 12.7. The molecule has 30 heavy (non-hydrogen) atoms. The average Bonchev–Trinajstić information content (AvgIpc) is 3.12. The SMILES string of the molecule is C=Cc1c(C(=C\C=C/C)/C=c2/ccccc2=C)n(-c2ccccc2)c2ccccc12. The quantitative estimate of drug-likeness (QED) is 0.363. The third-order valence-corrected chi connectivity index (χ3v) is 5.24. The van der Waals surface area contributed by atoms with Gasteiger partial charge in [-0.05, 0) is 47.2 Å². The molecular formula is C29H25N. The molecule has 1 heteroatoms. The molecule has 0 fully saturated rings. The van der Waals surface area contributed by atoms with Crippen LogP contribution in [0.1, 0.15) is 18.2 Å². The second kappa shape index (κ2) is 8.67. The topological polar surface area (TPSA) is 4.93 Å². The van der Waals surface area contributed by atoms with Crippen LogP contribution in [0.25, 0.3) is 40.9 Å². The highest BCUT2D eigenvalue weighted by atomic mass is 15.0. The van der Waals surface area contributed by atoms with E-state index >= 15 is 0 Å². The van der Waals surface area contributed by atoms with Crippen LogP contribution in [0.15, 0.2) is 104 Å². The minimum absolute atomic E-state index is 1.01. The summed E-state index contributed by atoms with van der Waals surface area (Å²) >= 11 is 0. The molecule has 0 radical (unpaired) electrons. The van der Waals surface area contributed by atoms with E-state index in [4.69, 9.17) is 0 Å². The first-order valence-electron chi connectivity index (χ1n) is 10.1. The monoisotopic (exact) mass is 387 g/mol. The van der Waals surface area contributed by atoms with Crippen molar-refractivity contribution in [1.29, 1.82) is 0 Å². The molecule has 4 rings (SSSR count). The van der Waals surface area contributed by atoms with Crippen LogP contribution in [-0.4, -0.2) is 4.57 Å². The lowest BCUT2D eigenvalue weighted by Crippen LogP contribution is -2.22. The summed E-state index contributed by atoms with van der Waals surface area (Å²) in [5.74, 6) is 0. The zero-order valence-electron chi connectivity index (χ0n) is 17.3. The van der Waals surface area contributed by atoms with Gasteiger partial charge in [0.25, 0.3) is 0 Å². The number of benzene rings is 3. The van der Waals surface area contributed by atoms with Crippen LogP contribution in [0, 0.1) is 0 Å². The van der Waals surface area contributed by atoms with Crippen LogP contribution in [0.2, 0.25) is 0 Å². The molecule has 0 aliphatic rings. The maximum atomic E-state index is 4.21. The molecule has 1 nitrogen and oxygen atoms in total. The Kier molecular flexibility index (Phi) is 5.63. The molecule has 0 aliphatic carbocycles. The van der Waals surface area contributed by atoms with Crippen LogP contribution in [0.4, 0.5) is 0 Å². The lowest BCUT2D eigenvalue weighted by molar-refractivity contribution is 1.10. The Morgan fingerprint density at radius 2 is 1.57 bits per heavy atom. The van der Waals surface area contributed by atoms with Crippen LogP contribution in [0.3, 0.4) is 0 Å². The largest absolute Gasteiger partial charge is 0.309 e. The van der Waals surface area contributed by atoms with Crippen molar-refractivity contribution < 1.29 is 0 Å². The molecule has 0 saturated carbocycles. The predicted octanol–water partition coefficient (Wildman–Crippen LogP) is 6.12. The van der Waals surface area contributed by atoms with Crippen molar-refractivity contribution >= 4 is 35.2 Å². The van der Waals surface area contributed by atoms with E-state index in [-0.39, 0.29) is 0 Å².